The van der Waals surface area contributed by atoms with E-state index in [1.807, 2.05) is 25.1 Å². The van der Waals surface area contributed by atoms with Crippen LogP contribution >= 0.6 is 0 Å². The van der Waals surface area contributed by atoms with Gasteiger partial charge in [0.05, 0.1) is 12.4 Å². The number of aliphatic hydroxyl groups excluding tert-OH is 1. The first-order valence-electron chi connectivity index (χ1n) is 7.02. The summed E-state index contributed by atoms with van der Waals surface area (Å²) in [4.78, 5) is 0. The third-order valence-corrected chi connectivity index (χ3v) is 3.85. The molecule has 112 valence electrons. The summed E-state index contributed by atoms with van der Waals surface area (Å²) in [6.07, 6.45) is 0.863. The fraction of sp³-hybridized carbons (Fsp3) is 0.375. The first-order valence-corrected chi connectivity index (χ1v) is 7.02. The second-order valence-corrected chi connectivity index (χ2v) is 5.12. The molecule has 1 aliphatic heterocycles. The molecule has 2 unspecified atom stereocenters. The van der Waals surface area contributed by atoms with E-state index in [1.54, 1.807) is 12.3 Å². The van der Waals surface area contributed by atoms with Crippen LogP contribution in [0.3, 0.4) is 0 Å². The summed E-state index contributed by atoms with van der Waals surface area (Å²) in [5.74, 6) is 1.92. The van der Waals surface area contributed by atoms with Gasteiger partial charge in [0.25, 0.3) is 0 Å². The van der Waals surface area contributed by atoms with E-state index < -0.39 is 6.10 Å². The lowest BCUT2D eigenvalue weighted by molar-refractivity contribution is 0.144. The summed E-state index contributed by atoms with van der Waals surface area (Å²) in [5.41, 5.74) is 7.57. The van der Waals surface area contributed by atoms with Crippen LogP contribution in [0, 0.1) is 6.92 Å². The number of benzene rings is 1. The molecule has 0 amide bonds. The summed E-state index contributed by atoms with van der Waals surface area (Å²) < 4.78 is 16.4. The highest BCUT2D eigenvalue weighted by molar-refractivity contribution is 5.45. The Morgan fingerprint density at radius 3 is 2.62 bits per heavy atom. The quantitative estimate of drug-likeness (QED) is 0.901. The van der Waals surface area contributed by atoms with Crippen molar-refractivity contribution in [1.29, 1.82) is 0 Å². The van der Waals surface area contributed by atoms with Gasteiger partial charge >= 0.3 is 0 Å². The van der Waals surface area contributed by atoms with Crippen molar-refractivity contribution < 1.29 is 19.0 Å². The van der Waals surface area contributed by atoms with Gasteiger partial charge in [0.15, 0.2) is 11.5 Å². The van der Waals surface area contributed by atoms with Crippen LogP contribution in [0.1, 0.15) is 28.9 Å². The lowest BCUT2D eigenvalue weighted by atomic mass is 9.89. The van der Waals surface area contributed by atoms with Gasteiger partial charge in [-0.25, -0.2) is 0 Å². The van der Waals surface area contributed by atoms with Crippen molar-refractivity contribution in [3.63, 3.8) is 0 Å². The first-order chi connectivity index (χ1) is 10.2. The van der Waals surface area contributed by atoms with E-state index >= 15 is 0 Å². The van der Waals surface area contributed by atoms with Gasteiger partial charge in [-0.2, -0.15) is 0 Å². The normalized spacial score (nSPS) is 16.5. The first kappa shape index (κ1) is 14.0. The molecule has 2 heterocycles. The third-order valence-electron chi connectivity index (χ3n) is 3.85. The van der Waals surface area contributed by atoms with Crippen LogP contribution in [0.4, 0.5) is 0 Å². The Balaban J connectivity index is 1.91. The molecule has 0 radical (unpaired) electrons. The van der Waals surface area contributed by atoms with Crippen LogP contribution in [-0.2, 0) is 0 Å². The topological polar surface area (TPSA) is 77.9 Å². The Morgan fingerprint density at radius 2 is 1.95 bits per heavy atom. The SMILES string of the molecule is Cc1occc1C(O)C(CN)c1ccc2c(c1)OCCO2. The average molecular weight is 289 g/mol. The minimum atomic E-state index is -0.712. The molecule has 5 nitrogen and oxygen atoms in total. The molecule has 0 fully saturated rings. The van der Waals surface area contributed by atoms with Crippen LogP contribution < -0.4 is 15.2 Å². The Bertz CT molecular complexity index is 622. The molecular formula is C16H19NO4. The maximum Gasteiger partial charge on any atom is 0.161 e. The molecule has 0 bridgehead atoms. The lowest BCUT2D eigenvalue weighted by Gasteiger charge is -2.24. The van der Waals surface area contributed by atoms with Gasteiger partial charge in [-0.15, -0.1) is 0 Å². The van der Waals surface area contributed by atoms with Gasteiger partial charge in [0.1, 0.15) is 19.0 Å². The van der Waals surface area contributed by atoms with E-state index in [4.69, 9.17) is 19.6 Å². The molecule has 1 aromatic carbocycles. The van der Waals surface area contributed by atoms with Gasteiger partial charge < -0.3 is 24.7 Å². The smallest absolute Gasteiger partial charge is 0.161 e. The van der Waals surface area contributed by atoms with Gasteiger partial charge in [0, 0.05) is 18.0 Å². The van der Waals surface area contributed by atoms with Crippen molar-refractivity contribution in [2.45, 2.75) is 18.9 Å². The third kappa shape index (κ3) is 2.62. The lowest BCUT2D eigenvalue weighted by Crippen LogP contribution is -2.21. The van der Waals surface area contributed by atoms with Crippen molar-refractivity contribution >= 4 is 0 Å². The zero-order valence-electron chi connectivity index (χ0n) is 11.9. The van der Waals surface area contributed by atoms with E-state index in [0.29, 0.717) is 31.3 Å². The zero-order valence-corrected chi connectivity index (χ0v) is 11.9. The Morgan fingerprint density at radius 1 is 1.19 bits per heavy atom. The van der Waals surface area contributed by atoms with E-state index in [9.17, 15) is 5.11 Å². The molecular weight excluding hydrogens is 270 g/mol. The van der Waals surface area contributed by atoms with E-state index in [0.717, 1.165) is 16.9 Å². The highest BCUT2D eigenvalue weighted by atomic mass is 16.6. The summed E-state index contributed by atoms with van der Waals surface area (Å²) in [6.45, 7) is 3.25. The molecule has 21 heavy (non-hydrogen) atoms. The maximum atomic E-state index is 10.6. The van der Waals surface area contributed by atoms with E-state index in [2.05, 4.69) is 0 Å². The molecule has 3 rings (SSSR count). The van der Waals surface area contributed by atoms with Crippen molar-refractivity contribution in [3.05, 3.63) is 47.4 Å². The Labute approximate surface area is 123 Å². The molecule has 1 aromatic heterocycles. The molecule has 5 heteroatoms. The van der Waals surface area contributed by atoms with Gasteiger partial charge in [0.2, 0.25) is 0 Å². The van der Waals surface area contributed by atoms with E-state index in [-0.39, 0.29) is 5.92 Å². The molecule has 2 atom stereocenters. The number of furan rings is 1. The fourth-order valence-electron chi connectivity index (χ4n) is 2.66. The van der Waals surface area contributed by atoms with Crippen molar-refractivity contribution in [2.24, 2.45) is 5.73 Å². The molecule has 0 saturated heterocycles. The zero-order chi connectivity index (χ0) is 14.8. The van der Waals surface area contributed by atoms with Gasteiger partial charge in [-0.1, -0.05) is 6.07 Å². The van der Waals surface area contributed by atoms with Crippen LogP contribution in [0.15, 0.2) is 34.9 Å². The standard InChI is InChI=1S/C16H19NO4/c1-10-12(4-5-19-10)16(18)13(9-17)11-2-3-14-15(8-11)21-7-6-20-14/h2-5,8,13,16,18H,6-7,9,17H2,1H3. The van der Waals surface area contributed by atoms with Crippen molar-refractivity contribution in [2.75, 3.05) is 19.8 Å². The second kappa shape index (κ2) is 5.79. The van der Waals surface area contributed by atoms with Crippen LogP contribution in [0.2, 0.25) is 0 Å². The summed E-state index contributed by atoms with van der Waals surface area (Å²) >= 11 is 0. The summed E-state index contributed by atoms with van der Waals surface area (Å²) in [6, 6.07) is 7.45. The number of nitrogens with two attached hydrogens (primary N) is 1. The Hall–Kier alpha value is -1.98. The molecule has 1 aliphatic rings. The minimum Gasteiger partial charge on any atom is -0.486 e. The molecule has 0 spiro atoms. The number of aliphatic hydroxyl groups is 1. The largest absolute Gasteiger partial charge is 0.486 e. The van der Waals surface area contributed by atoms with E-state index in [1.165, 1.54) is 0 Å². The van der Waals surface area contributed by atoms with Gasteiger partial charge in [-0.3, -0.25) is 0 Å². The van der Waals surface area contributed by atoms with Crippen LogP contribution in [-0.4, -0.2) is 24.9 Å². The summed E-state index contributed by atoms with van der Waals surface area (Å²) in [5, 5.41) is 10.6. The van der Waals surface area contributed by atoms with Crippen LogP contribution in [0.25, 0.3) is 0 Å². The molecule has 2 aromatic rings. The highest BCUT2D eigenvalue weighted by Gasteiger charge is 2.25. The minimum absolute atomic E-state index is 0.225. The number of aryl methyl sites for hydroxylation is 1. The predicted octanol–water partition coefficient (Wildman–Crippen LogP) is 2.14. The van der Waals surface area contributed by atoms with Gasteiger partial charge in [-0.05, 0) is 30.7 Å². The second-order valence-electron chi connectivity index (χ2n) is 5.12. The molecule has 0 saturated carbocycles. The molecule has 0 aliphatic carbocycles. The number of hydrogen-bond acceptors (Lipinski definition) is 5. The summed E-state index contributed by atoms with van der Waals surface area (Å²) in [7, 11) is 0. The number of rotatable bonds is 4. The fourth-order valence-corrected chi connectivity index (χ4v) is 2.66. The van der Waals surface area contributed by atoms with Crippen molar-refractivity contribution in [1.82, 2.24) is 0 Å². The number of fused-ring (bicyclic) bond motifs is 1. The highest BCUT2D eigenvalue weighted by Crippen LogP contribution is 2.37. The van der Waals surface area contributed by atoms with Crippen molar-refractivity contribution in [3.8, 4) is 11.5 Å². The average Bonchev–Trinajstić information content (AvgIpc) is 2.94. The number of ether oxygens (including phenoxy) is 2. The predicted molar refractivity (Wildman–Crippen MR) is 77.6 cm³/mol. The maximum absolute atomic E-state index is 10.6. The number of hydrogen-bond donors (Lipinski definition) is 2. The Kier molecular flexibility index (Phi) is 3.86. The monoisotopic (exact) mass is 289 g/mol. The molecule has 3 N–H and O–H groups in total. The van der Waals surface area contributed by atoms with Crippen LogP contribution in [0.5, 0.6) is 11.5 Å².